The van der Waals surface area contributed by atoms with E-state index in [-0.39, 0.29) is 12.1 Å². The third-order valence-corrected chi connectivity index (χ3v) is 6.08. The van der Waals surface area contributed by atoms with Gasteiger partial charge in [-0.3, -0.25) is 0 Å². The third-order valence-electron chi connectivity index (χ3n) is 6.08. The van der Waals surface area contributed by atoms with Crippen molar-refractivity contribution < 1.29 is 9.47 Å². The molecule has 0 saturated carbocycles. The summed E-state index contributed by atoms with van der Waals surface area (Å²) in [6.45, 7) is 2.09. The Labute approximate surface area is 186 Å². The predicted octanol–water partition coefficient (Wildman–Crippen LogP) is 5.16. The first-order valence-electron chi connectivity index (χ1n) is 10.6. The van der Waals surface area contributed by atoms with Crippen LogP contribution in [0.15, 0.2) is 84.7 Å². The lowest BCUT2D eigenvalue weighted by molar-refractivity contribution is 0.222. The summed E-state index contributed by atoms with van der Waals surface area (Å²) in [6, 6.07) is 24.6. The fraction of sp³-hybridized carbons (Fsp3) is 0.154. The monoisotopic (exact) mass is 422 g/mol. The zero-order valence-corrected chi connectivity index (χ0v) is 17.8. The lowest BCUT2D eigenvalue weighted by Gasteiger charge is -2.39. The zero-order valence-electron chi connectivity index (χ0n) is 17.8. The zero-order chi connectivity index (χ0) is 21.7. The number of nitrogens with one attached hydrogen (secondary N) is 1. The van der Waals surface area contributed by atoms with E-state index in [1.807, 2.05) is 35.0 Å². The summed E-state index contributed by atoms with van der Waals surface area (Å²) in [7, 11) is 1.68. The molecule has 2 aliphatic rings. The number of nitrogens with zero attached hydrogens (tertiary/aromatic N) is 3. The quantitative estimate of drug-likeness (QED) is 0.494. The van der Waals surface area contributed by atoms with Crippen molar-refractivity contribution >= 4 is 11.6 Å². The average molecular weight is 422 g/mol. The molecule has 158 valence electrons. The first kappa shape index (κ1) is 18.7. The molecule has 0 unspecified atom stereocenters. The van der Waals surface area contributed by atoms with Crippen LogP contribution in [0.4, 0.5) is 5.95 Å². The van der Waals surface area contributed by atoms with Gasteiger partial charge in [0.25, 0.3) is 0 Å². The van der Waals surface area contributed by atoms with Crippen LogP contribution in [0, 0.1) is 6.92 Å². The molecule has 0 amide bonds. The number of aromatic nitrogens is 3. The van der Waals surface area contributed by atoms with Gasteiger partial charge < -0.3 is 14.8 Å². The van der Waals surface area contributed by atoms with E-state index in [9.17, 15) is 0 Å². The molecule has 0 saturated heterocycles. The highest BCUT2D eigenvalue weighted by Crippen LogP contribution is 2.50. The molecule has 1 aromatic heterocycles. The molecule has 6 rings (SSSR count). The van der Waals surface area contributed by atoms with Crippen molar-refractivity contribution in [3.8, 4) is 11.5 Å². The number of hydrogen-bond acceptors (Lipinski definition) is 5. The maximum absolute atomic E-state index is 6.67. The molecule has 2 aliphatic heterocycles. The minimum Gasteiger partial charge on any atom is -0.497 e. The number of benzene rings is 3. The molecule has 0 spiro atoms. The minimum atomic E-state index is -0.314. The molecule has 32 heavy (non-hydrogen) atoms. The number of methoxy groups -OCH3 is 1. The number of fused-ring (bicyclic) bond motifs is 3. The molecule has 2 atom stereocenters. The summed E-state index contributed by atoms with van der Waals surface area (Å²) in [6.07, 6.45) is 1.28. The van der Waals surface area contributed by atoms with Crippen LogP contribution in [0.5, 0.6) is 11.5 Å². The SMILES string of the molecule is COc1cccc([C@@H]2Oc3ccc(C)cc3C3=C2[C@@H](c2ccccc2)n2ncnc2N3)c1. The highest BCUT2D eigenvalue weighted by atomic mass is 16.5. The van der Waals surface area contributed by atoms with E-state index in [0.29, 0.717) is 0 Å². The first-order valence-corrected chi connectivity index (χ1v) is 10.6. The Balaban J connectivity index is 1.63. The number of hydrogen-bond donors (Lipinski definition) is 1. The van der Waals surface area contributed by atoms with Crippen LogP contribution in [0.1, 0.15) is 34.4 Å². The summed E-state index contributed by atoms with van der Waals surface area (Å²) < 4.78 is 14.1. The molecular weight excluding hydrogens is 400 g/mol. The van der Waals surface area contributed by atoms with Crippen molar-refractivity contribution in [3.05, 3.63) is 107 Å². The van der Waals surface area contributed by atoms with E-state index in [1.165, 1.54) is 5.56 Å². The van der Waals surface area contributed by atoms with Crippen LogP contribution in [-0.4, -0.2) is 21.9 Å². The van der Waals surface area contributed by atoms with Gasteiger partial charge in [0.2, 0.25) is 5.95 Å². The Morgan fingerprint density at radius 1 is 0.969 bits per heavy atom. The van der Waals surface area contributed by atoms with Crippen LogP contribution in [0.3, 0.4) is 0 Å². The normalized spacial score (nSPS) is 18.7. The fourth-order valence-electron chi connectivity index (χ4n) is 4.62. The third kappa shape index (κ3) is 2.87. The lowest BCUT2D eigenvalue weighted by atomic mass is 9.84. The Morgan fingerprint density at radius 2 is 1.81 bits per heavy atom. The second-order valence-corrected chi connectivity index (χ2v) is 8.07. The van der Waals surface area contributed by atoms with Crippen LogP contribution in [-0.2, 0) is 0 Å². The van der Waals surface area contributed by atoms with Crippen LogP contribution >= 0.6 is 0 Å². The molecule has 6 heteroatoms. The molecule has 1 N–H and O–H groups in total. The van der Waals surface area contributed by atoms with E-state index < -0.39 is 0 Å². The topological polar surface area (TPSA) is 61.2 Å². The molecule has 3 aromatic carbocycles. The van der Waals surface area contributed by atoms with E-state index >= 15 is 0 Å². The van der Waals surface area contributed by atoms with Gasteiger partial charge in [-0.2, -0.15) is 10.1 Å². The number of anilines is 1. The van der Waals surface area contributed by atoms with Gasteiger partial charge in [-0.15, -0.1) is 0 Å². The number of ether oxygens (including phenoxy) is 2. The molecule has 3 heterocycles. The van der Waals surface area contributed by atoms with Gasteiger partial charge in [-0.25, -0.2) is 4.68 Å². The molecule has 4 aromatic rings. The van der Waals surface area contributed by atoms with Crippen LogP contribution in [0.2, 0.25) is 0 Å². The standard InChI is InChI=1S/C26H22N4O2/c1-16-11-12-21-20(13-16)23-22(25(32-21)18-9-6-10-19(14-18)31-2)24(17-7-4-3-5-8-17)30-26(29-23)27-15-28-30/h3-15,24-25H,1-2H3,(H,27,28,29)/t24-,25+/m1/s1. The van der Waals surface area contributed by atoms with Crippen LogP contribution in [0.25, 0.3) is 5.70 Å². The second-order valence-electron chi connectivity index (χ2n) is 8.07. The average Bonchev–Trinajstić information content (AvgIpc) is 3.31. The summed E-state index contributed by atoms with van der Waals surface area (Å²) in [5.41, 5.74) is 6.48. The fourth-order valence-corrected chi connectivity index (χ4v) is 4.62. The first-order chi connectivity index (χ1) is 15.7. The van der Waals surface area contributed by atoms with E-state index in [1.54, 1.807) is 13.4 Å². The van der Waals surface area contributed by atoms with Crippen molar-refractivity contribution in [2.24, 2.45) is 0 Å². The molecule has 0 fully saturated rings. The smallest absolute Gasteiger partial charge is 0.226 e. The molecule has 0 bridgehead atoms. The van der Waals surface area contributed by atoms with Gasteiger partial charge in [0, 0.05) is 16.7 Å². The van der Waals surface area contributed by atoms with Crippen molar-refractivity contribution in [2.75, 3.05) is 12.4 Å². The van der Waals surface area contributed by atoms with E-state index in [2.05, 4.69) is 64.8 Å². The maximum atomic E-state index is 6.67. The summed E-state index contributed by atoms with van der Waals surface area (Å²) in [5, 5.41) is 8.12. The summed E-state index contributed by atoms with van der Waals surface area (Å²) in [5.74, 6) is 2.36. The highest BCUT2D eigenvalue weighted by molar-refractivity contribution is 5.85. The summed E-state index contributed by atoms with van der Waals surface area (Å²) in [4.78, 5) is 4.49. The van der Waals surface area contributed by atoms with Crippen molar-refractivity contribution in [2.45, 2.75) is 19.1 Å². The molecule has 6 nitrogen and oxygen atoms in total. The maximum Gasteiger partial charge on any atom is 0.226 e. The van der Waals surface area contributed by atoms with Crippen molar-refractivity contribution in [3.63, 3.8) is 0 Å². The Hall–Kier alpha value is -4.06. The Bertz CT molecular complexity index is 1340. The molecule has 0 radical (unpaired) electrons. The van der Waals surface area contributed by atoms with E-state index in [4.69, 9.17) is 9.47 Å². The Kier molecular flexibility index (Phi) is 4.24. The van der Waals surface area contributed by atoms with Gasteiger partial charge in [-0.1, -0.05) is 54.1 Å². The second kappa shape index (κ2) is 7.27. The van der Waals surface area contributed by atoms with Gasteiger partial charge in [0.05, 0.1) is 12.8 Å². The van der Waals surface area contributed by atoms with Gasteiger partial charge >= 0.3 is 0 Å². The Morgan fingerprint density at radius 3 is 2.66 bits per heavy atom. The lowest BCUT2D eigenvalue weighted by Crippen LogP contribution is -2.32. The number of rotatable bonds is 3. The predicted molar refractivity (Wildman–Crippen MR) is 123 cm³/mol. The largest absolute Gasteiger partial charge is 0.497 e. The molecular formula is C26H22N4O2. The van der Waals surface area contributed by atoms with E-state index in [0.717, 1.165) is 45.4 Å². The van der Waals surface area contributed by atoms with Gasteiger partial charge in [-0.05, 0) is 36.8 Å². The molecule has 0 aliphatic carbocycles. The highest BCUT2D eigenvalue weighted by Gasteiger charge is 2.41. The summed E-state index contributed by atoms with van der Waals surface area (Å²) >= 11 is 0. The van der Waals surface area contributed by atoms with Gasteiger partial charge in [0.15, 0.2) is 0 Å². The van der Waals surface area contributed by atoms with Crippen molar-refractivity contribution in [1.29, 1.82) is 0 Å². The van der Waals surface area contributed by atoms with Crippen molar-refractivity contribution in [1.82, 2.24) is 14.8 Å². The van der Waals surface area contributed by atoms with Gasteiger partial charge in [0.1, 0.15) is 30.0 Å². The van der Waals surface area contributed by atoms with Crippen LogP contribution < -0.4 is 14.8 Å². The number of aryl methyl sites for hydroxylation is 1. The minimum absolute atomic E-state index is 0.158.